The molecule has 92 valence electrons. The summed E-state index contributed by atoms with van der Waals surface area (Å²) in [6.07, 6.45) is 0.950. The fourth-order valence-corrected chi connectivity index (χ4v) is 2.45. The summed E-state index contributed by atoms with van der Waals surface area (Å²) in [7, 11) is 0. The lowest BCUT2D eigenvalue weighted by Crippen LogP contribution is -2.57. The molecule has 0 spiro atoms. The molecule has 1 aromatic carbocycles. The number of benzene rings is 1. The minimum Gasteiger partial charge on any atom is -0.480 e. The van der Waals surface area contributed by atoms with E-state index in [-0.39, 0.29) is 12.6 Å². The predicted octanol–water partition coefficient (Wildman–Crippen LogP) is 0.579. The van der Waals surface area contributed by atoms with E-state index >= 15 is 0 Å². The standard InChI is InChI=1S/C13H17NO3/c1-9(8-15)14-13(12(16)17)6-10-4-2-3-5-11(10)7-13/h2-5,9,14-15H,6-8H2,1H3,(H,16,17). The van der Waals surface area contributed by atoms with Crippen LogP contribution in [0, 0.1) is 0 Å². The van der Waals surface area contributed by atoms with E-state index < -0.39 is 11.5 Å². The molecule has 2 rings (SSSR count). The van der Waals surface area contributed by atoms with Crippen LogP contribution in [0.2, 0.25) is 0 Å². The first-order chi connectivity index (χ1) is 8.07. The summed E-state index contributed by atoms with van der Waals surface area (Å²) in [4.78, 5) is 11.5. The monoisotopic (exact) mass is 235 g/mol. The molecule has 0 amide bonds. The van der Waals surface area contributed by atoms with Crippen LogP contribution >= 0.6 is 0 Å². The fourth-order valence-electron chi connectivity index (χ4n) is 2.45. The van der Waals surface area contributed by atoms with Gasteiger partial charge in [-0.2, -0.15) is 0 Å². The van der Waals surface area contributed by atoms with Gasteiger partial charge in [0, 0.05) is 18.9 Å². The third kappa shape index (κ3) is 2.18. The molecule has 0 saturated heterocycles. The van der Waals surface area contributed by atoms with E-state index in [1.165, 1.54) is 0 Å². The zero-order valence-corrected chi connectivity index (χ0v) is 9.81. The Morgan fingerprint density at radius 1 is 1.41 bits per heavy atom. The molecule has 4 heteroatoms. The zero-order valence-electron chi connectivity index (χ0n) is 9.81. The maximum Gasteiger partial charge on any atom is 0.324 e. The lowest BCUT2D eigenvalue weighted by Gasteiger charge is -2.28. The van der Waals surface area contributed by atoms with Crippen LogP contribution in [0.25, 0.3) is 0 Å². The van der Waals surface area contributed by atoms with Gasteiger partial charge in [0.15, 0.2) is 0 Å². The number of aliphatic hydroxyl groups excluding tert-OH is 1. The smallest absolute Gasteiger partial charge is 0.324 e. The van der Waals surface area contributed by atoms with Crippen LogP contribution in [-0.2, 0) is 17.6 Å². The summed E-state index contributed by atoms with van der Waals surface area (Å²) >= 11 is 0. The zero-order chi connectivity index (χ0) is 12.5. The SMILES string of the molecule is CC(CO)NC1(C(=O)O)Cc2ccccc2C1. The number of hydrogen-bond donors (Lipinski definition) is 3. The van der Waals surface area contributed by atoms with Crippen molar-refractivity contribution in [3.05, 3.63) is 35.4 Å². The van der Waals surface area contributed by atoms with Gasteiger partial charge >= 0.3 is 5.97 Å². The van der Waals surface area contributed by atoms with Gasteiger partial charge in [-0.1, -0.05) is 24.3 Å². The number of nitrogens with one attached hydrogen (secondary N) is 1. The van der Waals surface area contributed by atoms with Crippen molar-refractivity contribution in [2.45, 2.75) is 31.3 Å². The molecule has 0 fully saturated rings. The van der Waals surface area contributed by atoms with Crippen LogP contribution in [0.3, 0.4) is 0 Å². The molecule has 1 aliphatic rings. The molecule has 3 N–H and O–H groups in total. The maximum atomic E-state index is 11.5. The van der Waals surface area contributed by atoms with Crippen LogP contribution in [0.1, 0.15) is 18.1 Å². The average Bonchev–Trinajstić information content (AvgIpc) is 2.68. The van der Waals surface area contributed by atoms with Crippen molar-refractivity contribution >= 4 is 5.97 Å². The topological polar surface area (TPSA) is 69.6 Å². The van der Waals surface area contributed by atoms with E-state index in [9.17, 15) is 9.90 Å². The third-order valence-electron chi connectivity index (χ3n) is 3.31. The number of fused-ring (bicyclic) bond motifs is 1. The summed E-state index contributed by atoms with van der Waals surface area (Å²) in [5, 5.41) is 21.5. The van der Waals surface area contributed by atoms with E-state index in [0.29, 0.717) is 12.8 Å². The van der Waals surface area contributed by atoms with Crippen LogP contribution in [0.15, 0.2) is 24.3 Å². The lowest BCUT2D eigenvalue weighted by atomic mass is 9.94. The van der Waals surface area contributed by atoms with Gasteiger partial charge in [0.1, 0.15) is 5.54 Å². The Hall–Kier alpha value is -1.39. The highest BCUT2D eigenvalue weighted by atomic mass is 16.4. The Morgan fingerprint density at radius 3 is 2.35 bits per heavy atom. The van der Waals surface area contributed by atoms with Gasteiger partial charge < -0.3 is 10.2 Å². The quantitative estimate of drug-likeness (QED) is 0.714. The van der Waals surface area contributed by atoms with Crippen LogP contribution in [0.4, 0.5) is 0 Å². The average molecular weight is 235 g/mol. The minimum atomic E-state index is -0.966. The Labute approximate surface area is 100 Å². The van der Waals surface area contributed by atoms with Gasteiger partial charge in [-0.25, -0.2) is 0 Å². The Kier molecular flexibility index (Phi) is 3.17. The van der Waals surface area contributed by atoms with Gasteiger partial charge in [0.05, 0.1) is 6.61 Å². The van der Waals surface area contributed by atoms with E-state index in [1.54, 1.807) is 6.92 Å². The number of rotatable bonds is 4. The van der Waals surface area contributed by atoms with Crippen molar-refractivity contribution in [2.24, 2.45) is 0 Å². The normalized spacial score (nSPS) is 18.7. The van der Waals surface area contributed by atoms with E-state index in [2.05, 4.69) is 5.32 Å². The number of aliphatic carboxylic acids is 1. The van der Waals surface area contributed by atoms with Crippen molar-refractivity contribution in [2.75, 3.05) is 6.61 Å². The molecule has 17 heavy (non-hydrogen) atoms. The molecule has 4 nitrogen and oxygen atoms in total. The second-order valence-corrected chi connectivity index (χ2v) is 4.74. The van der Waals surface area contributed by atoms with Gasteiger partial charge in [0.25, 0.3) is 0 Å². The summed E-state index contributed by atoms with van der Waals surface area (Å²) in [5.74, 6) is -0.853. The van der Waals surface area contributed by atoms with E-state index in [1.807, 2.05) is 24.3 Å². The van der Waals surface area contributed by atoms with Crippen molar-refractivity contribution in [1.29, 1.82) is 0 Å². The molecule has 0 bridgehead atoms. The van der Waals surface area contributed by atoms with Crippen molar-refractivity contribution in [3.8, 4) is 0 Å². The number of carboxylic acids is 1. The highest BCUT2D eigenvalue weighted by molar-refractivity contribution is 5.81. The second kappa shape index (κ2) is 4.47. The number of carbonyl (C=O) groups is 1. The van der Waals surface area contributed by atoms with Crippen molar-refractivity contribution in [3.63, 3.8) is 0 Å². The summed E-state index contributed by atoms with van der Waals surface area (Å²) in [6, 6.07) is 7.55. The molecule has 1 atom stereocenters. The molecule has 1 aliphatic carbocycles. The summed E-state index contributed by atoms with van der Waals surface area (Å²) in [5.41, 5.74) is 1.19. The van der Waals surface area contributed by atoms with Gasteiger partial charge in [-0.05, 0) is 18.1 Å². The number of carboxylic acid groups (broad SMARTS) is 1. The van der Waals surface area contributed by atoms with E-state index in [0.717, 1.165) is 11.1 Å². The maximum absolute atomic E-state index is 11.5. The van der Waals surface area contributed by atoms with Crippen LogP contribution in [-0.4, -0.2) is 34.4 Å². The molecular weight excluding hydrogens is 218 g/mol. The minimum absolute atomic E-state index is 0.0641. The van der Waals surface area contributed by atoms with Gasteiger partial charge in [0.2, 0.25) is 0 Å². The van der Waals surface area contributed by atoms with Gasteiger partial charge in [-0.3, -0.25) is 10.1 Å². The molecule has 0 radical (unpaired) electrons. The first-order valence-electron chi connectivity index (χ1n) is 5.76. The highest BCUT2D eigenvalue weighted by Crippen LogP contribution is 2.30. The number of hydrogen-bond acceptors (Lipinski definition) is 3. The molecule has 1 unspecified atom stereocenters. The lowest BCUT2D eigenvalue weighted by molar-refractivity contribution is -0.145. The summed E-state index contributed by atoms with van der Waals surface area (Å²) in [6.45, 7) is 1.72. The fraction of sp³-hybridized carbons (Fsp3) is 0.462. The molecule has 0 aliphatic heterocycles. The predicted molar refractivity (Wildman–Crippen MR) is 63.9 cm³/mol. The highest BCUT2D eigenvalue weighted by Gasteiger charge is 2.44. The van der Waals surface area contributed by atoms with E-state index in [4.69, 9.17) is 5.11 Å². The molecule has 1 aromatic rings. The van der Waals surface area contributed by atoms with Crippen molar-refractivity contribution in [1.82, 2.24) is 5.32 Å². The first-order valence-corrected chi connectivity index (χ1v) is 5.76. The number of aliphatic hydroxyl groups is 1. The first kappa shape index (κ1) is 12.1. The molecule has 0 saturated carbocycles. The van der Waals surface area contributed by atoms with Crippen LogP contribution in [0.5, 0.6) is 0 Å². The van der Waals surface area contributed by atoms with Gasteiger partial charge in [-0.15, -0.1) is 0 Å². The largest absolute Gasteiger partial charge is 0.480 e. The molecule has 0 heterocycles. The van der Waals surface area contributed by atoms with Crippen molar-refractivity contribution < 1.29 is 15.0 Å². The Balaban J connectivity index is 2.26. The summed E-state index contributed by atoms with van der Waals surface area (Å²) < 4.78 is 0. The second-order valence-electron chi connectivity index (χ2n) is 4.74. The van der Waals surface area contributed by atoms with Crippen LogP contribution < -0.4 is 5.32 Å². The Morgan fingerprint density at radius 2 is 1.94 bits per heavy atom. The molecular formula is C13H17NO3. The third-order valence-corrected chi connectivity index (χ3v) is 3.31. The molecule has 0 aromatic heterocycles. The Bertz CT molecular complexity index is 405.